The van der Waals surface area contributed by atoms with Gasteiger partial charge in [0.05, 0.1) is 0 Å². The van der Waals surface area contributed by atoms with Crippen LogP contribution in [0.25, 0.3) is 0 Å². The Kier molecular flexibility index (Phi) is 3.45. The molecule has 2 N–H and O–H groups in total. The summed E-state index contributed by atoms with van der Waals surface area (Å²) in [5, 5.41) is 0. The van der Waals surface area contributed by atoms with Gasteiger partial charge in [-0.2, -0.15) is 0 Å². The van der Waals surface area contributed by atoms with Gasteiger partial charge in [-0.3, -0.25) is 9.46 Å². The van der Waals surface area contributed by atoms with E-state index in [0.29, 0.717) is 5.56 Å². The number of benzene rings is 1. The van der Waals surface area contributed by atoms with Crippen LogP contribution in [0.3, 0.4) is 0 Å². The zero-order valence-electron chi connectivity index (χ0n) is 8.16. The van der Waals surface area contributed by atoms with Crippen molar-refractivity contribution in [3.05, 3.63) is 35.9 Å². The summed E-state index contributed by atoms with van der Waals surface area (Å²) in [7, 11) is -0.829. The first-order valence-corrected chi connectivity index (χ1v) is 5.87. The second kappa shape index (κ2) is 4.24. The van der Waals surface area contributed by atoms with Gasteiger partial charge < -0.3 is 9.79 Å². The lowest BCUT2D eigenvalue weighted by atomic mass is 10.2. The van der Waals surface area contributed by atoms with Gasteiger partial charge in [0.15, 0.2) is 0 Å². The molecule has 0 aliphatic rings. The minimum atomic E-state index is -4.13. The molecule has 0 aliphatic heterocycles. The third-order valence-corrected chi connectivity index (χ3v) is 3.30. The van der Waals surface area contributed by atoms with E-state index in [-0.39, 0.29) is 0 Å². The van der Waals surface area contributed by atoms with E-state index < -0.39 is 13.4 Å². The minimum Gasteiger partial charge on any atom is -0.323 e. The SMILES string of the molecule is CN(C)[C@H](c1ccccc1)P(=O)(O)O. The fourth-order valence-electron chi connectivity index (χ4n) is 1.42. The predicted molar refractivity (Wildman–Crippen MR) is 54.9 cm³/mol. The summed E-state index contributed by atoms with van der Waals surface area (Å²) in [4.78, 5) is 19.9. The van der Waals surface area contributed by atoms with Gasteiger partial charge in [-0.15, -0.1) is 0 Å². The molecule has 0 spiro atoms. The number of nitrogens with zero attached hydrogens (tertiary/aromatic N) is 1. The summed E-state index contributed by atoms with van der Waals surface area (Å²) < 4.78 is 11.2. The van der Waals surface area contributed by atoms with Crippen LogP contribution in [0.2, 0.25) is 0 Å². The van der Waals surface area contributed by atoms with Gasteiger partial charge in [0, 0.05) is 0 Å². The highest BCUT2D eigenvalue weighted by Crippen LogP contribution is 2.52. The molecule has 1 aromatic rings. The van der Waals surface area contributed by atoms with Crippen molar-refractivity contribution in [2.45, 2.75) is 5.78 Å². The molecule has 0 radical (unpaired) electrons. The van der Waals surface area contributed by atoms with E-state index in [4.69, 9.17) is 0 Å². The van der Waals surface area contributed by atoms with Crippen molar-refractivity contribution in [3.63, 3.8) is 0 Å². The lowest BCUT2D eigenvalue weighted by molar-refractivity contribution is 0.286. The second-order valence-electron chi connectivity index (χ2n) is 3.34. The maximum absolute atomic E-state index is 11.2. The predicted octanol–water partition coefficient (Wildman–Crippen LogP) is 1.42. The molecular weight excluding hydrogens is 201 g/mol. The van der Waals surface area contributed by atoms with Crippen LogP contribution in [-0.2, 0) is 4.57 Å². The van der Waals surface area contributed by atoms with Crippen molar-refractivity contribution in [2.24, 2.45) is 0 Å². The fourth-order valence-corrected chi connectivity index (χ4v) is 2.58. The molecule has 0 saturated carbocycles. The van der Waals surface area contributed by atoms with E-state index in [1.165, 1.54) is 4.90 Å². The molecule has 1 aromatic carbocycles. The Hall–Kier alpha value is -0.670. The zero-order valence-corrected chi connectivity index (χ0v) is 9.06. The van der Waals surface area contributed by atoms with E-state index in [2.05, 4.69) is 0 Å². The van der Waals surface area contributed by atoms with E-state index >= 15 is 0 Å². The van der Waals surface area contributed by atoms with Gasteiger partial charge in [0.2, 0.25) is 0 Å². The summed E-state index contributed by atoms with van der Waals surface area (Å²) in [6.07, 6.45) is 0. The normalized spacial score (nSPS) is 14.4. The van der Waals surface area contributed by atoms with E-state index in [9.17, 15) is 14.4 Å². The summed E-state index contributed by atoms with van der Waals surface area (Å²) in [6, 6.07) is 8.77. The van der Waals surface area contributed by atoms with Gasteiger partial charge in [0.1, 0.15) is 5.78 Å². The average Bonchev–Trinajstić information content (AvgIpc) is 2.02. The summed E-state index contributed by atoms with van der Waals surface area (Å²) in [5.41, 5.74) is 0.630. The van der Waals surface area contributed by atoms with Gasteiger partial charge in [0.25, 0.3) is 0 Å². The second-order valence-corrected chi connectivity index (χ2v) is 5.00. The summed E-state index contributed by atoms with van der Waals surface area (Å²) >= 11 is 0. The van der Waals surface area contributed by atoms with Crippen LogP contribution in [0.5, 0.6) is 0 Å². The Morgan fingerprint density at radius 1 is 1.21 bits per heavy atom. The van der Waals surface area contributed by atoms with E-state index in [1.807, 2.05) is 6.07 Å². The molecule has 0 heterocycles. The maximum Gasteiger partial charge on any atom is 0.347 e. The van der Waals surface area contributed by atoms with Gasteiger partial charge in [-0.05, 0) is 19.7 Å². The van der Waals surface area contributed by atoms with E-state index in [1.54, 1.807) is 38.4 Å². The van der Waals surface area contributed by atoms with Gasteiger partial charge in [-0.25, -0.2) is 0 Å². The third kappa shape index (κ3) is 2.66. The summed E-state index contributed by atoms with van der Waals surface area (Å²) in [5.74, 6) is -0.858. The summed E-state index contributed by atoms with van der Waals surface area (Å²) in [6.45, 7) is 0. The number of hydrogen-bond acceptors (Lipinski definition) is 2. The molecule has 78 valence electrons. The molecular formula is C9H14NO3P. The third-order valence-electron chi connectivity index (χ3n) is 1.91. The van der Waals surface area contributed by atoms with Crippen LogP contribution in [-0.4, -0.2) is 28.8 Å². The van der Waals surface area contributed by atoms with Gasteiger partial charge in [-0.1, -0.05) is 30.3 Å². The topological polar surface area (TPSA) is 60.8 Å². The molecule has 4 nitrogen and oxygen atoms in total. The first-order chi connectivity index (χ1) is 6.43. The Morgan fingerprint density at radius 2 is 1.71 bits per heavy atom. The van der Waals surface area contributed by atoms with Crippen LogP contribution < -0.4 is 0 Å². The molecule has 0 fully saturated rings. The minimum absolute atomic E-state index is 0.630. The number of hydrogen-bond donors (Lipinski definition) is 2. The standard InChI is InChI=1S/C9H14NO3P/c1-10(2)9(14(11,12)13)8-6-4-3-5-7-8/h3-7,9H,1-2H3,(H2,11,12,13)/t9-/m0/s1. The molecule has 0 saturated heterocycles. The van der Waals surface area contributed by atoms with Crippen molar-refractivity contribution in [3.8, 4) is 0 Å². The molecule has 5 heteroatoms. The van der Waals surface area contributed by atoms with Gasteiger partial charge >= 0.3 is 7.60 Å². The van der Waals surface area contributed by atoms with Crippen molar-refractivity contribution in [2.75, 3.05) is 14.1 Å². The molecule has 1 rings (SSSR count). The quantitative estimate of drug-likeness (QED) is 0.748. The van der Waals surface area contributed by atoms with Crippen molar-refractivity contribution in [1.82, 2.24) is 4.90 Å². The highest BCUT2D eigenvalue weighted by atomic mass is 31.2. The Morgan fingerprint density at radius 3 is 2.07 bits per heavy atom. The van der Waals surface area contributed by atoms with Crippen LogP contribution in [0.1, 0.15) is 11.3 Å². The average molecular weight is 215 g/mol. The highest BCUT2D eigenvalue weighted by Gasteiger charge is 2.31. The van der Waals surface area contributed by atoms with Crippen LogP contribution in [0.4, 0.5) is 0 Å². The van der Waals surface area contributed by atoms with Crippen molar-refractivity contribution < 1.29 is 14.4 Å². The zero-order chi connectivity index (χ0) is 10.8. The fraction of sp³-hybridized carbons (Fsp3) is 0.333. The van der Waals surface area contributed by atoms with Crippen molar-refractivity contribution in [1.29, 1.82) is 0 Å². The molecule has 14 heavy (non-hydrogen) atoms. The maximum atomic E-state index is 11.2. The number of rotatable bonds is 3. The monoisotopic (exact) mass is 215 g/mol. The molecule has 0 aromatic heterocycles. The first kappa shape index (κ1) is 11.4. The lowest BCUT2D eigenvalue weighted by Crippen LogP contribution is -2.19. The Balaban J connectivity index is 3.08. The van der Waals surface area contributed by atoms with E-state index in [0.717, 1.165) is 0 Å². The smallest absolute Gasteiger partial charge is 0.323 e. The highest BCUT2D eigenvalue weighted by molar-refractivity contribution is 7.52. The molecule has 1 atom stereocenters. The largest absolute Gasteiger partial charge is 0.347 e. The molecule has 0 aliphatic carbocycles. The molecule has 0 bridgehead atoms. The van der Waals surface area contributed by atoms with Crippen molar-refractivity contribution >= 4 is 7.60 Å². The lowest BCUT2D eigenvalue weighted by Gasteiger charge is -2.25. The Bertz CT molecular complexity index is 333. The first-order valence-electron chi connectivity index (χ1n) is 4.19. The molecule has 0 amide bonds. The van der Waals surface area contributed by atoms with Crippen LogP contribution in [0.15, 0.2) is 30.3 Å². The van der Waals surface area contributed by atoms with Crippen LogP contribution in [0, 0.1) is 0 Å². The van der Waals surface area contributed by atoms with Crippen LogP contribution >= 0.6 is 7.60 Å². The Labute approximate surface area is 83.3 Å². The molecule has 0 unspecified atom stereocenters.